The smallest absolute Gasteiger partial charge is 0.282 e. The Morgan fingerprint density at radius 2 is 2.12 bits per heavy atom. The van der Waals surface area contributed by atoms with Crippen molar-refractivity contribution < 1.29 is 18.8 Å². The van der Waals surface area contributed by atoms with Crippen LogP contribution in [0.5, 0.6) is 0 Å². The molecule has 0 radical (unpaired) electrons. The van der Waals surface area contributed by atoms with E-state index in [0.29, 0.717) is 28.2 Å². The number of nitrogens with zero attached hydrogens (tertiary/aromatic N) is 3. The number of fused-ring (bicyclic) bond motifs is 1. The van der Waals surface area contributed by atoms with Gasteiger partial charge >= 0.3 is 0 Å². The van der Waals surface area contributed by atoms with Gasteiger partial charge in [-0.25, -0.2) is 4.39 Å². The number of carbonyl (C=O) groups excluding carboxylic acids is 1. The highest BCUT2D eigenvalue weighted by Crippen LogP contribution is 2.23. The van der Waals surface area contributed by atoms with Gasteiger partial charge in [-0.05, 0) is 18.2 Å². The Morgan fingerprint density at radius 1 is 1.35 bits per heavy atom. The van der Waals surface area contributed by atoms with Crippen LogP contribution >= 0.6 is 11.3 Å². The first-order chi connectivity index (χ1) is 12.5. The van der Waals surface area contributed by atoms with Crippen LogP contribution in [0, 0.1) is 15.9 Å². The topological polar surface area (TPSA) is 86.7 Å². The van der Waals surface area contributed by atoms with Gasteiger partial charge in [0.25, 0.3) is 11.6 Å². The molecule has 7 nitrogen and oxygen atoms in total. The molecular formula is C17H14FN3O4S. The van der Waals surface area contributed by atoms with Crippen molar-refractivity contribution in [1.29, 1.82) is 0 Å². The highest BCUT2D eigenvalue weighted by atomic mass is 32.1. The number of hydrogen-bond donors (Lipinski definition) is 0. The first-order valence-electron chi connectivity index (χ1n) is 7.61. The van der Waals surface area contributed by atoms with Gasteiger partial charge in [-0.2, -0.15) is 4.99 Å². The van der Waals surface area contributed by atoms with E-state index in [0.717, 1.165) is 11.3 Å². The van der Waals surface area contributed by atoms with Crippen molar-refractivity contribution in [2.75, 3.05) is 13.7 Å². The summed E-state index contributed by atoms with van der Waals surface area (Å²) in [5, 5.41) is 11.0. The number of carbonyl (C=O) groups is 1. The van der Waals surface area contributed by atoms with Crippen LogP contribution in [0.1, 0.15) is 10.4 Å². The van der Waals surface area contributed by atoms with Gasteiger partial charge in [-0.15, -0.1) is 0 Å². The minimum Gasteiger partial charge on any atom is -0.383 e. The monoisotopic (exact) mass is 375 g/mol. The number of amides is 1. The highest BCUT2D eigenvalue weighted by Gasteiger charge is 2.14. The molecule has 3 aromatic rings. The zero-order valence-corrected chi connectivity index (χ0v) is 14.5. The zero-order valence-electron chi connectivity index (χ0n) is 13.7. The van der Waals surface area contributed by atoms with Crippen LogP contribution in [0.2, 0.25) is 0 Å². The Bertz CT molecular complexity index is 1060. The molecule has 0 N–H and O–H groups in total. The summed E-state index contributed by atoms with van der Waals surface area (Å²) in [7, 11) is 1.54. The molecule has 26 heavy (non-hydrogen) atoms. The Labute approximate surface area is 151 Å². The predicted octanol–water partition coefficient (Wildman–Crippen LogP) is 3.14. The fourth-order valence-corrected chi connectivity index (χ4v) is 3.53. The number of ether oxygens (including phenoxy) is 1. The van der Waals surface area contributed by atoms with Crippen molar-refractivity contribution in [1.82, 2.24) is 4.57 Å². The van der Waals surface area contributed by atoms with Gasteiger partial charge in [0, 0.05) is 25.8 Å². The Morgan fingerprint density at radius 3 is 2.81 bits per heavy atom. The predicted molar refractivity (Wildman–Crippen MR) is 94.6 cm³/mol. The lowest BCUT2D eigenvalue weighted by Crippen LogP contribution is -2.19. The number of benzene rings is 2. The van der Waals surface area contributed by atoms with Crippen molar-refractivity contribution in [2.45, 2.75) is 6.54 Å². The molecule has 0 unspecified atom stereocenters. The minimum atomic E-state index is -0.713. The SMILES string of the molecule is COCCn1c(=NC(=O)c2ccccc2F)sc2cc([N+](=O)[O-])ccc21. The molecule has 1 amide bonds. The molecule has 1 heterocycles. The van der Waals surface area contributed by atoms with E-state index in [1.165, 1.54) is 30.3 Å². The molecule has 0 aliphatic rings. The first kappa shape index (κ1) is 17.9. The summed E-state index contributed by atoms with van der Waals surface area (Å²) in [4.78, 5) is 27.2. The number of rotatable bonds is 5. The van der Waals surface area contributed by atoms with Gasteiger partial charge in [-0.3, -0.25) is 14.9 Å². The van der Waals surface area contributed by atoms with Crippen LogP contribution in [-0.4, -0.2) is 29.1 Å². The van der Waals surface area contributed by atoms with Crippen molar-refractivity contribution in [3.05, 3.63) is 68.8 Å². The normalized spacial score (nSPS) is 11.8. The molecule has 0 aliphatic carbocycles. The molecule has 134 valence electrons. The van der Waals surface area contributed by atoms with Gasteiger partial charge in [0.2, 0.25) is 0 Å². The Balaban J connectivity index is 2.15. The highest BCUT2D eigenvalue weighted by molar-refractivity contribution is 7.16. The van der Waals surface area contributed by atoms with Crippen LogP contribution in [0.3, 0.4) is 0 Å². The second-order valence-corrected chi connectivity index (χ2v) is 6.34. The second kappa shape index (κ2) is 7.54. The molecule has 0 saturated heterocycles. The number of aromatic nitrogens is 1. The summed E-state index contributed by atoms with van der Waals surface area (Å²) in [6, 6.07) is 10.0. The van der Waals surface area contributed by atoms with E-state index < -0.39 is 16.6 Å². The van der Waals surface area contributed by atoms with Gasteiger partial charge in [0.15, 0.2) is 4.80 Å². The molecule has 0 spiro atoms. The van der Waals surface area contributed by atoms with Crippen LogP contribution in [0.15, 0.2) is 47.5 Å². The lowest BCUT2D eigenvalue weighted by atomic mass is 10.2. The molecule has 2 aromatic carbocycles. The van der Waals surface area contributed by atoms with Gasteiger partial charge in [0.05, 0.1) is 27.3 Å². The number of non-ortho nitro benzene ring substituents is 1. The Hall–Kier alpha value is -2.91. The van der Waals surface area contributed by atoms with Gasteiger partial charge in [-0.1, -0.05) is 23.5 Å². The van der Waals surface area contributed by atoms with Crippen LogP contribution in [0.4, 0.5) is 10.1 Å². The summed E-state index contributed by atoms with van der Waals surface area (Å²) >= 11 is 1.13. The maximum absolute atomic E-state index is 13.8. The van der Waals surface area contributed by atoms with Crippen LogP contribution in [-0.2, 0) is 11.3 Å². The van der Waals surface area contributed by atoms with Crippen LogP contribution in [0.25, 0.3) is 10.2 Å². The van der Waals surface area contributed by atoms with E-state index in [1.807, 2.05) is 0 Å². The lowest BCUT2D eigenvalue weighted by Gasteiger charge is -2.04. The fourth-order valence-electron chi connectivity index (χ4n) is 2.44. The average Bonchev–Trinajstić information content (AvgIpc) is 2.96. The fraction of sp³-hybridized carbons (Fsp3) is 0.176. The molecule has 0 atom stereocenters. The number of halogens is 1. The molecule has 0 bridgehead atoms. The molecule has 0 fully saturated rings. The van der Waals surface area contributed by atoms with E-state index in [-0.39, 0.29) is 11.3 Å². The summed E-state index contributed by atoms with van der Waals surface area (Å²) in [5.74, 6) is -1.36. The number of nitro benzene ring substituents is 1. The quantitative estimate of drug-likeness (QED) is 0.506. The first-order valence-corrected chi connectivity index (χ1v) is 8.43. The summed E-state index contributed by atoms with van der Waals surface area (Å²) in [6.45, 7) is 0.765. The Kier molecular flexibility index (Phi) is 5.19. The molecule has 0 aliphatic heterocycles. The molecule has 0 saturated carbocycles. The number of methoxy groups -OCH3 is 1. The molecule has 3 rings (SSSR count). The number of hydrogen-bond acceptors (Lipinski definition) is 5. The van der Waals surface area contributed by atoms with Crippen molar-refractivity contribution in [2.24, 2.45) is 4.99 Å². The number of thiazole rings is 1. The van der Waals surface area contributed by atoms with E-state index in [4.69, 9.17) is 4.74 Å². The molecule has 1 aromatic heterocycles. The third-order valence-corrected chi connectivity index (χ3v) is 4.74. The van der Waals surface area contributed by atoms with Crippen LogP contribution < -0.4 is 4.80 Å². The summed E-state index contributed by atoms with van der Waals surface area (Å²) in [6.07, 6.45) is 0. The lowest BCUT2D eigenvalue weighted by molar-refractivity contribution is -0.384. The third-order valence-electron chi connectivity index (χ3n) is 3.70. The maximum atomic E-state index is 13.8. The van der Waals surface area contributed by atoms with Crippen molar-refractivity contribution >= 4 is 33.1 Å². The van der Waals surface area contributed by atoms with Gasteiger partial charge in [0.1, 0.15) is 5.82 Å². The van der Waals surface area contributed by atoms with E-state index in [9.17, 15) is 19.3 Å². The average molecular weight is 375 g/mol. The summed E-state index contributed by atoms with van der Waals surface area (Å²) in [5.41, 5.74) is 0.511. The molecule has 9 heteroatoms. The third kappa shape index (κ3) is 3.53. The van der Waals surface area contributed by atoms with Crippen molar-refractivity contribution in [3.63, 3.8) is 0 Å². The molecular weight excluding hydrogens is 361 g/mol. The largest absolute Gasteiger partial charge is 0.383 e. The van der Waals surface area contributed by atoms with Crippen molar-refractivity contribution in [3.8, 4) is 0 Å². The summed E-state index contributed by atoms with van der Waals surface area (Å²) < 4.78 is 21.2. The zero-order chi connectivity index (χ0) is 18.7. The van der Waals surface area contributed by atoms with Gasteiger partial charge < -0.3 is 9.30 Å². The van der Waals surface area contributed by atoms with E-state index >= 15 is 0 Å². The minimum absolute atomic E-state index is 0.0513. The number of nitro groups is 1. The standard InChI is InChI=1S/C17H14FN3O4S/c1-25-9-8-20-14-7-6-11(21(23)24)10-15(14)26-17(20)19-16(22)12-4-2-3-5-13(12)18/h2-7,10H,8-9H2,1H3. The van der Waals surface area contributed by atoms with E-state index in [2.05, 4.69) is 4.99 Å². The maximum Gasteiger partial charge on any atom is 0.282 e. The van der Waals surface area contributed by atoms with E-state index in [1.54, 1.807) is 23.8 Å². The second-order valence-electron chi connectivity index (χ2n) is 5.34.